The van der Waals surface area contributed by atoms with Crippen molar-refractivity contribution in [2.75, 3.05) is 23.3 Å². The topological polar surface area (TPSA) is 75.7 Å². The highest BCUT2D eigenvalue weighted by Gasteiger charge is 2.22. The molecule has 1 N–H and O–H groups in total. The monoisotopic (exact) mass is 458 g/mol. The number of thiophene rings is 1. The standard InChI is InChI=1S/C23H26N2O4S2/c1-23(2,3)17-7-9-18(10-8-17)24-21(26)16-29-20-13-11-19(12-14-20)25(4)31(27,28)22-6-5-15-30-22/h5-15H,16H2,1-4H3,(H,24,26). The SMILES string of the molecule is CN(c1ccc(OCC(=O)Nc2ccc(C(C)(C)C)cc2)cc1)S(=O)(=O)c1cccs1. The van der Waals surface area contributed by atoms with Crippen molar-refractivity contribution in [2.45, 2.75) is 30.4 Å². The van der Waals surface area contributed by atoms with Crippen LogP contribution in [0, 0.1) is 0 Å². The lowest BCUT2D eigenvalue weighted by atomic mass is 9.87. The Morgan fingerprint density at radius 3 is 2.23 bits per heavy atom. The molecule has 0 aliphatic heterocycles. The van der Waals surface area contributed by atoms with Crippen LogP contribution >= 0.6 is 11.3 Å². The molecular weight excluding hydrogens is 432 g/mol. The van der Waals surface area contributed by atoms with Gasteiger partial charge in [-0.2, -0.15) is 0 Å². The molecule has 1 aromatic heterocycles. The van der Waals surface area contributed by atoms with Gasteiger partial charge in [-0.05, 0) is 58.8 Å². The maximum atomic E-state index is 12.6. The van der Waals surface area contributed by atoms with E-state index < -0.39 is 10.0 Å². The first-order valence-electron chi connectivity index (χ1n) is 9.73. The number of sulfonamides is 1. The van der Waals surface area contributed by atoms with Crippen LogP contribution in [0.25, 0.3) is 0 Å². The molecule has 0 atom stereocenters. The molecule has 0 aliphatic carbocycles. The Balaban J connectivity index is 1.56. The van der Waals surface area contributed by atoms with E-state index in [9.17, 15) is 13.2 Å². The molecule has 1 heterocycles. The highest BCUT2D eigenvalue weighted by Crippen LogP contribution is 2.27. The second-order valence-electron chi connectivity index (χ2n) is 8.06. The second kappa shape index (κ2) is 9.11. The first-order chi connectivity index (χ1) is 14.6. The molecule has 8 heteroatoms. The van der Waals surface area contributed by atoms with Gasteiger partial charge in [-0.15, -0.1) is 11.3 Å². The maximum absolute atomic E-state index is 12.6. The number of amides is 1. The smallest absolute Gasteiger partial charge is 0.273 e. The number of hydrogen-bond acceptors (Lipinski definition) is 5. The van der Waals surface area contributed by atoms with Gasteiger partial charge < -0.3 is 10.1 Å². The lowest BCUT2D eigenvalue weighted by Crippen LogP contribution is -2.25. The normalized spacial score (nSPS) is 11.7. The number of ether oxygens (including phenoxy) is 1. The van der Waals surface area contributed by atoms with Gasteiger partial charge in [0.15, 0.2) is 6.61 Å². The van der Waals surface area contributed by atoms with E-state index in [1.807, 2.05) is 24.3 Å². The molecule has 31 heavy (non-hydrogen) atoms. The molecule has 0 unspecified atom stereocenters. The van der Waals surface area contributed by atoms with Gasteiger partial charge in [0.05, 0.1) is 5.69 Å². The zero-order valence-corrected chi connectivity index (χ0v) is 19.6. The highest BCUT2D eigenvalue weighted by atomic mass is 32.2. The van der Waals surface area contributed by atoms with Crippen molar-refractivity contribution >= 4 is 38.6 Å². The summed E-state index contributed by atoms with van der Waals surface area (Å²) in [6.45, 7) is 6.25. The Bertz CT molecular complexity index is 1120. The number of hydrogen-bond donors (Lipinski definition) is 1. The van der Waals surface area contributed by atoms with Gasteiger partial charge in [-0.1, -0.05) is 39.0 Å². The summed E-state index contributed by atoms with van der Waals surface area (Å²) in [4.78, 5) is 12.2. The molecule has 3 aromatic rings. The Hall–Kier alpha value is -2.84. The lowest BCUT2D eigenvalue weighted by molar-refractivity contribution is -0.118. The zero-order chi connectivity index (χ0) is 22.6. The first kappa shape index (κ1) is 22.8. The summed E-state index contributed by atoms with van der Waals surface area (Å²) in [7, 11) is -2.08. The van der Waals surface area contributed by atoms with E-state index in [1.165, 1.54) is 28.3 Å². The van der Waals surface area contributed by atoms with Gasteiger partial charge in [0.1, 0.15) is 9.96 Å². The molecule has 2 aromatic carbocycles. The number of benzene rings is 2. The quantitative estimate of drug-likeness (QED) is 0.547. The van der Waals surface area contributed by atoms with Crippen LogP contribution in [-0.4, -0.2) is 28.0 Å². The highest BCUT2D eigenvalue weighted by molar-refractivity contribution is 7.94. The van der Waals surface area contributed by atoms with Crippen molar-refractivity contribution in [3.8, 4) is 5.75 Å². The molecule has 1 amide bonds. The van der Waals surface area contributed by atoms with Crippen molar-refractivity contribution in [3.63, 3.8) is 0 Å². The van der Waals surface area contributed by atoms with Crippen LogP contribution in [0.2, 0.25) is 0 Å². The summed E-state index contributed by atoms with van der Waals surface area (Å²) in [5.41, 5.74) is 2.45. The van der Waals surface area contributed by atoms with E-state index in [0.717, 1.165) is 0 Å². The molecule has 0 radical (unpaired) electrons. The average Bonchev–Trinajstić information content (AvgIpc) is 3.28. The van der Waals surface area contributed by atoms with E-state index in [4.69, 9.17) is 4.74 Å². The predicted octanol–water partition coefficient (Wildman–Crippen LogP) is 4.89. The van der Waals surface area contributed by atoms with Crippen LogP contribution in [0.1, 0.15) is 26.3 Å². The maximum Gasteiger partial charge on any atom is 0.273 e. The molecule has 3 rings (SSSR count). The van der Waals surface area contributed by atoms with Gasteiger partial charge in [-0.3, -0.25) is 9.10 Å². The van der Waals surface area contributed by atoms with E-state index in [2.05, 4.69) is 26.1 Å². The lowest BCUT2D eigenvalue weighted by Gasteiger charge is -2.19. The molecule has 0 fully saturated rings. The fourth-order valence-corrected chi connectivity index (χ4v) is 5.19. The first-order valence-corrected chi connectivity index (χ1v) is 12.0. The summed E-state index contributed by atoms with van der Waals surface area (Å²) < 4.78 is 32.2. The number of carbonyl (C=O) groups excluding carboxylic acids is 1. The molecule has 0 saturated carbocycles. The van der Waals surface area contributed by atoms with Crippen molar-refractivity contribution in [3.05, 3.63) is 71.6 Å². The summed E-state index contributed by atoms with van der Waals surface area (Å²) >= 11 is 1.17. The minimum absolute atomic E-state index is 0.0506. The van der Waals surface area contributed by atoms with E-state index >= 15 is 0 Å². The van der Waals surface area contributed by atoms with Crippen molar-refractivity contribution in [1.82, 2.24) is 0 Å². The van der Waals surface area contributed by atoms with Gasteiger partial charge in [0, 0.05) is 12.7 Å². The third-order valence-corrected chi connectivity index (χ3v) is 7.87. The third-order valence-electron chi connectivity index (χ3n) is 4.71. The number of rotatable bonds is 7. The fraction of sp³-hybridized carbons (Fsp3) is 0.261. The van der Waals surface area contributed by atoms with Crippen LogP contribution in [0.4, 0.5) is 11.4 Å². The number of nitrogens with one attached hydrogen (secondary N) is 1. The summed E-state index contributed by atoms with van der Waals surface area (Å²) in [5, 5.41) is 4.53. The number of carbonyl (C=O) groups is 1. The molecule has 0 saturated heterocycles. The van der Waals surface area contributed by atoms with Gasteiger partial charge in [0.25, 0.3) is 15.9 Å². The second-order valence-corrected chi connectivity index (χ2v) is 11.2. The Morgan fingerprint density at radius 2 is 1.68 bits per heavy atom. The zero-order valence-electron chi connectivity index (χ0n) is 18.0. The molecular formula is C23H26N2O4S2. The van der Waals surface area contributed by atoms with Crippen LogP contribution in [0.3, 0.4) is 0 Å². The Kier molecular flexibility index (Phi) is 6.71. The predicted molar refractivity (Wildman–Crippen MR) is 126 cm³/mol. The minimum atomic E-state index is -3.59. The van der Waals surface area contributed by atoms with Gasteiger partial charge in [-0.25, -0.2) is 8.42 Å². The average molecular weight is 459 g/mol. The van der Waals surface area contributed by atoms with Crippen LogP contribution in [-0.2, 0) is 20.2 Å². The molecule has 0 bridgehead atoms. The summed E-state index contributed by atoms with van der Waals surface area (Å²) in [5.74, 6) is 0.203. The Morgan fingerprint density at radius 1 is 1.03 bits per heavy atom. The number of anilines is 2. The summed E-state index contributed by atoms with van der Waals surface area (Å²) in [6.07, 6.45) is 0. The summed E-state index contributed by atoms with van der Waals surface area (Å²) in [6, 6.07) is 17.6. The molecule has 6 nitrogen and oxygen atoms in total. The molecule has 164 valence electrons. The number of nitrogens with zero attached hydrogens (tertiary/aromatic N) is 1. The van der Waals surface area contributed by atoms with E-state index in [-0.39, 0.29) is 22.1 Å². The molecule has 0 aliphatic rings. The molecule has 0 spiro atoms. The van der Waals surface area contributed by atoms with Gasteiger partial charge in [0.2, 0.25) is 0 Å². The van der Waals surface area contributed by atoms with Crippen molar-refractivity contribution < 1.29 is 17.9 Å². The van der Waals surface area contributed by atoms with Gasteiger partial charge >= 0.3 is 0 Å². The van der Waals surface area contributed by atoms with Crippen molar-refractivity contribution in [2.24, 2.45) is 0 Å². The van der Waals surface area contributed by atoms with E-state index in [0.29, 0.717) is 17.1 Å². The largest absolute Gasteiger partial charge is 0.484 e. The van der Waals surface area contributed by atoms with Crippen LogP contribution in [0.5, 0.6) is 5.75 Å². The third kappa shape index (κ3) is 5.65. The Labute approximate surface area is 187 Å². The van der Waals surface area contributed by atoms with Crippen LogP contribution < -0.4 is 14.4 Å². The van der Waals surface area contributed by atoms with Crippen molar-refractivity contribution in [1.29, 1.82) is 0 Å². The minimum Gasteiger partial charge on any atom is -0.484 e. The fourth-order valence-electron chi connectivity index (χ4n) is 2.84. The van der Waals surface area contributed by atoms with Crippen LogP contribution in [0.15, 0.2) is 70.3 Å². The van der Waals surface area contributed by atoms with E-state index in [1.54, 1.807) is 41.8 Å².